The third-order valence-electron chi connectivity index (χ3n) is 4.00. The number of alkyl halides is 1. The number of methoxy groups -OCH3 is 1. The number of rotatable bonds is 6. The minimum absolute atomic E-state index is 0.0164. The number of hydrogen-bond donors (Lipinski definition) is 1. The summed E-state index contributed by atoms with van der Waals surface area (Å²) in [5.74, 6) is 0.0354. The third kappa shape index (κ3) is 4.07. The summed E-state index contributed by atoms with van der Waals surface area (Å²) < 4.78 is 18.7. The van der Waals surface area contributed by atoms with Crippen molar-refractivity contribution in [2.75, 3.05) is 20.2 Å². The van der Waals surface area contributed by atoms with Crippen molar-refractivity contribution in [1.29, 1.82) is 0 Å². The molecule has 2 aromatic rings. The number of hydrogen-bond acceptors (Lipinski definition) is 6. The summed E-state index contributed by atoms with van der Waals surface area (Å²) in [5.41, 5.74) is 0.218. The van der Waals surface area contributed by atoms with Gasteiger partial charge in [-0.05, 0) is 23.9 Å². The second kappa shape index (κ2) is 7.67. The molecule has 3 heterocycles. The highest BCUT2D eigenvalue weighted by molar-refractivity contribution is 7.09. The van der Waals surface area contributed by atoms with Gasteiger partial charge in [-0.15, -0.1) is 21.5 Å². The fourth-order valence-corrected chi connectivity index (χ4v) is 3.51. The molecule has 6 nitrogen and oxygen atoms in total. The Labute approximate surface area is 143 Å². The van der Waals surface area contributed by atoms with Crippen LogP contribution in [-0.4, -0.2) is 53.4 Å². The number of ether oxygens (including phenoxy) is 1. The summed E-state index contributed by atoms with van der Waals surface area (Å²) in [6, 6.07) is 7.15. The number of likely N-dealkylation sites (tertiary alicyclic amines) is 1. The molecular weight excluding hydrogens is 331 g/mol. The lowest BCUT2D eigenvalue weighted by atomic mass is 10.2. The van der Waals surface area contributed by atoms with E-state index < -0.39 is 6.17 Å². The number of thiophene rings is 1. The minimum Gasteiger partial charge on any atom is -0.480 e. The molecule has 1 aliphatic heterocycles. The molecule has 128 valence electrons. The topological polar surface area (TPSA) is 67.3 Å². The quantitative estimate of drug-likeness (QED) is 0.862. The first-order chi connectivity index (χ1) is 11.7. The van der Waals surface area contributed by atoms with Gasteiger partial charge in [0.05, 0.1) is 7.11 Å². The van der Waals surface area contributed by atoms with Crippen LogP contribution in [0.25, 0.3) is 0 Å². The van der Waals surface area contributed by atoms with Gasteiger partial charge in [0.15, 0.2) is 5.69 Å². The van der Waals surface area contributed by atoms with E-state index in [2.05, 4.69) is 20.4 Å². The molecule has 1 amide bonds. The van der Waals surface area contributed by atoms with Gasteiger partial charge in [0.1, 0.15) is 6.17 Å². The second-order valence-electron chi connectivity index (χ2n) is 5.67. The first-order valence-corrected chi connectivity index (χ1v) is 8.60. The van der Waals surface area contributed by atoms with E-state index in [0.717, 1.165) is 0 Å². The van der Waals surface area contributed by atoms with Gasteiger partial charge in [-0.2, -0.15) is 0 Å². The molecule has 1 saturated heterocycles. The summed E-state index contributed by atoms with van der Waals surface area (Å²) in [6.45, 7) is 1.50. The molecule has 0 spiro atoms. The van der Waals surface area contributed by atoms with Gasteiger partial charge in [0.25, 0.3) is 5.91 Å². The molecule has 2 atom stereocenters. The molecule has 1 aliphatic rings. The number of nitrogens with zero attached hydrogens (tertiary/aromatic N) is 3. The summed E-state index contributed by atoms with van der Waals surface area (Å²) >= 11 is 1.66. The molecule has 0 saturated carbocycles. The number of nitrogens with one attached hydrogen (secondary N) is 1. The lowest BCUT2D eigenvalue weighted by Crippen LogP contribution is -2.40. The molecule has 0 aromatic carbocycles. The third-order valence-corrected chi connectivity index (χ3v) is 4.86. The summed E-state index contributed by atoms with van der Waals surface area (Å²) in [7, 11) is 1.49. The Balaban J connectivity index is 1.56. The van der Waals surface area contributed by atoms with E-state index in [9.17, 15) is 9.18 Å². The Morgan fingerprint density at radius 1 is 1.46 bits per heavy atom. The van der Waals surface area contributed by atoms with Crippen molar-refractivity contribution in [1.82, 2.24) is 20.4 Å². The van der Waals surface area contributed by atoms with E-state index in [0.29, 0.717) is 31.9 Å². The van der Waals surface area contributed by atoms with Gasteiger partial charge in [0, 0.05) is 36.6 Å². The molecule has 8 heteroatoms. The predicted molar refractivity (Wildman–Crippen MR) is 88.9 cm³/mol. The van der Waals surface area contributed by atoms with E-state index in [1.54, 1.807) is 23.5 Å². The van der Waals surface area contributed by atoms with Crippen LogP contribution >= 0.6 is 11.3 Å². The summed E-state index contributed by atoms with van der Waals surface area (Å²) in [5, 5.41) is 12.4. The summed E-state index contributed by atoms with van der Waals surface area (Å²) in [6.07, 6.45) is -0.424. The maximum atomic E-state index is 13.8. The molecule has 2 aromatic heterocycles. The van der Waals surface area contributed by atoms with Crippen molar-refractivity contribution in [2.24, 2.45) is 0 Å². The number of carbonyl (C=O) groups is 1. The van der Waals surface area contributed by atoms with Crippen molar-refractivity contribution in [2.45, 2.75) is 25.2 Å². The van der Waals surface area contributed by atoms with E-state index in [1.165, 1.54) is 12.0 Å². The van der Waals surface area contributed by atoms with Gasteiger partial charge in [-0.1, -0.05) is 6.07 Å². The van der Waals surface area contributed by atoms with Crippen LogP contribution in [0.2, 0.25) is 0 Å². The first-order valence-electron chi connectivity index (χ1n) is 7.72. The lowest BCUT2D eigenvalue weighted by molar-refractivity contribution is 0.0933. The number of carbonyl (C=O) groups excluding carboxylic acids is 1. The van der Waals surface area contributed by atoms with Crippen LogP contribution in [-0.2, 0) is 6.54 Å². The Morgan fingerprint density at radius 3 is 3.00 bits per heavy atom. The van der Waals surface area contributed by atoms with Crippen LogP contribution in [0.15, 0.2) is 29.6 Å². The van der Waals surface area contributed by atoms with Crippen LogP contribution in [0, 0.1) is 0 Å². The van der Waals surface area contributed by atoms with Gasteiger partial charge in [0.2, 0.25) is 5.88 Å². The molecule has 0 bridgehead atoms. The zero-order valence-corrected chi connectivity index (χ0v) is 14.1. The molecular formula is C16H19FN4O2S. The Morgan fingerprint density at radius 2 is 2.33 bits per heavy atom. The predicted octanol–water partition coefficient (Wildman–Crippen LogP) is 1.89. The van der Waals surface area contributed by atoms with E-state index in [-0.39, 0.29) is 17.6 Å². The highest BCUT2D eigenvalue weighted by Gasteiger charge is 2.32. The van der Waals surface area contributed by atoms with E-state index in [1.807, 2.05) is 17.5 Å². The Bertz CT molecular complexity index is 665. The fourth-order valence-electron chi connectivity index (χ4n) is 2.78. The van der Waals surface area contributed by atoms with Crippen molar-refractivity contribution in [3.8, 4) is 5.88 Å². The maximum absolute atomic E-state index is 13.8. The average molecular weight is 350 g/mol. The van der Waals surface area contributed by atoms with Gasteiger partial charge < -0.3 is 10.1 Å². The Kier molecular flexibility index (Phi) is 5.37. The Hall–Kier alpha value is -2.06. The molecule has 24 heavy (non-hydrogen) atoms. The van der Waals surface area contributed by atoms with Crippen LogP contribution in [0.3, 0.4) is 0 Å². The van der Waals surface area contributed by atoms with Crippen LogP contribution in [0.1, 0.15) is 21.8 Å². The number of aromatic nitrogens is 2. The van der Waals surface area contributed by atoms with Crippen LogP contribution in [0.5, 0.6) is 5.88 Å². The standard InChI is InChI=1S/C16H19FN4O2S/c1-23-15-5-4-14(19-20-15)16(22)18-8-12-7-11(17)9-21(12)10-13-3-2-6-24-13/h2-6,11-12H,7-10H2,1H3,(H,18,22)/t11-,12-/m0/s1. The van der Waals surface area contributed by atoms with E-state index >= 15 is 0 Å². The summed E-state index contributed by atoms with van der Waals surface area (Å²) in [4.78, 5) is 15.4. The zero-order chi connectivity index (χ0) is 16.9. The highest BCUT2D eigenvalue weighted by atomic mass is 32.1. The van der Waals surface area contributed by atoms with Crippen molar-refractivity contribution in [3.63, 3.8) is 0 Å². The van der Waals surface area contributed by atoms with Crippen molar-refractivity contribution in [3.05, 3.63) is 40.2 Å². The first kappa shape index (κ1) is 16.8. The van der Waals surface area contributed by atoms with Crippen LogP contribution < -0.4 is 10.1 Å². The molecule has 0 radical (unpaired) electrons. The van der Waals surface area contributed by atoms with Gasteiger partial charge in [-0.3, -0.25) is 9.69 Å². The van der Waals surface area contributed by atoms with Gasteiger partial charge >= 0.3 is 0 Å². The monoisotopic (exact) mass is 350 g/mol. The van der Waals surface area contributed by atoms with Crippen molar-refractivity contribution >= 4 is 17.2 Å². The molecule has 3 rings (SSSR count). The minimum atomic E-state index is -0.854. The number of amides is 1. The van der Waals surface area contributed by atoms with Crippen LogP contribution in [0.4, 0.5) is 4.39 Å². The highest BCUT2D eigenvalue weighted by Crippen LogP contribution is 2.23. The fraction of sp³-hybridized carbons (Fsp3) is 0.438. The number of halogens is 1. The smallest absolute Gasteiger partial charge is 0.271 e. The molecule has 1 N–H and O–H groups in total. The largest absolute Gasteiger partial charge is 0.480 e. The van der Waals surface area contributed by atoms with E-state index in [4.69, 9.17) is 4.74 Å². The zero-order valence-electron chi connectivity index (χ0n) is 13.3. The lowest BCUT2D eigenvalue weighted by Gasteiger charge is -2.23. The maximum Gasteiger partial charge on any atom is 0.271 e. The van der Waals surface area contributed by atoms with Crippen molar-refractivity contribution < 1.29 is 13.9 Å². The van der Waals surface area contributed by atoms with Gasteiger partial charge in [-0.25, -0.2) is 4.39 Å². The normalized spacial score (nSPS) is 20.9. The molecule has 1 fully saturated rings. The second-order valence-corrected chi connectivity index (χ2v) is 6.70. The molecule has 0 unspecified atom stereocenters. The average Bonchev–Trinajstić information content (AvgIpc) is 3.22. The molecule has 0 aliphatic carbocycles. The SMILES string of the molecule is COc1ccc(C(=O)NC[C@@H]2C[C@H](F)CN2Cc2cccs2)nn1.